The molecule has 8 rings (SSSR count). The fourth-order valence-electron chi connectivity index (χ4n) is 7.91. The Kier molecular flexibility index (Phi) is 14.5. The van der Waals surface area contributed by atoms with Gasteiger partial charge in [0.1, 0.15) is 0 Å². The summed E-state index contributed by atoms with van der Waals surface area (Å²) in [5.74, 6) is -0.939. The van der Waals surface area contributed by atoms with Crippen molar-refractivity contribution in [3.05, 3.63) is 138 Å². The molecule has 0 aliphatic carbocycles. The van der Waals surface area contributed by atoms with Crippen LogP contribution in [0.3, 0.4) is 0 Å². The SMILES string of the molecule is Cc1cc(C2=NO[C@@](c3cc(Cl)cc(C(F)(F)F)c3)(C(F)(F)F)C2)ccc1C(=O)NC1CN(S(=O)(=O)F)C1.Cc1cc(C2=NO[C@@](c3cc(Cl)cc(C(F)(F)F)c3)(C(F)(F)F)C2)ccc1C(=O)NC1CNC1. The van der Waals surface area contributed by atoms with Gasteiger partial charge in [-0.3, -0.25) is 9.59 Å². The van der Waals surface area contributed by atoms with Gasteiger partial charge in [-0.1, -0.05) is 49.5 Å². The van der Waals surface area contributed by atoms with Gasteiger partial charge in [0.15, 0.2) is 0 Å². The Morgan fingerprint density at radius 1 is 0.639 bits per heavy atom. The number of carbonyl (C=O) groups excluding carboxylic acids is 2. The molecule has 0 spiro atoms. The number of aryl methyl sites for hydroxylation is 2. The van der Waals surface area contributed by atoms with Crippen LogP contribution in [0.1, 0.15) is 78.1 Å². The summed E-state index contributed by atoms with van der Waals surface area (Å²) in [4.78, 5) is 34.6. The molecule has 0 saturated carbocycles. The summed E-state index contributed by atoms with van der Waals surface area (Å²) in [6.07, 6.45) is -22.0. The van der Waals surface area contributed by atoms with Gasteiger partial charge in [0.05, 0.1) is 34.6 Å². The number of halogens is 15. The van der Waals surface area contributed by atoms with Crippen LogP contribution in [0, 0.1) is 13.8 Å². The molecule has 0 radical (unpaired) electrons. The zero-order chi connectivity index (χ0) is 53.1. The van der Waals surface area contributed by atoms with Gasteiger partial charge in [0.2, 0.25) is 0 Å². The van der Waals surface area contributed by atoms with E-state index in [9.17, 15) is 74.6 Å². The molecule has 4 aliphatic rings. The monoisotopic (exact) mass is 1090 g/mol. The van der Waals surface area contributed by atoms with E-state index in [0.717, 1.165) is 12.1 Å². The second kappa shape index (κ2) is 19.3. The molecule has 2 saturated heterocycles. The Morgan fingerprint density at radius 3 is 1.35 bits per heavy atom. The van der Waals surface area contributed by atoms with E-state index in [-0.39, 0.29) is 53.2 Å². The van der Waals surface area contributed by atoms with Crippen molar-refractivity contribution in [3.63, 3.8) is 0 Å². The van der Waals surface area contributed by atoms with Crippen molar-refractivity contribution in [3.8, 4) is 0 Å². The largest absolute Gasteiger partial charge is 0.435 e. The van der Waals surface area contributed by atoms with Crippen LogP contribution >= 0.6 is 23.2 Å². The second-order valence-corrected chi connectivity index (χ2v) is 19.2. The summed E-state index contributed by atoms with van der Waals surface area (Å²) in [7, 11) is -4.86. The van der Waals surface area contributed by atoms with Crippen molar-refractivity contribution in [2.75, 3.05) is 26.2 Å². The van der Waals surface area contributed by atoms with Crippen molar-refractivity contribution in [2.24, 2.45) is 10.3 Å². The number of benzene rings is 4. The molecule has 0 bridgehead atoms. The van der Waals surface area contributed by atoms with Crippen molar-refractivity contribution >= 4 is 56.8 Å². The molecule has 12 nitrogen and oxygen atoms in total. The summed E-state index contributed by atoms with van der Waals surface area (Å²) in [5.41, 5.74) is -9.47. The van der Waals surface area contributed by atoms with Gasteiger partial charge in [0.25, 0.3) is 23.0 Å². The van der Waals surface area contributed by atoms with Crippen LogP contribution in [-0.2, 0) is 43.6 Å². The molecule has 4 aliphatic heterocycles. The fraction of sp³-hybridized carbons (Fsp3) is 0.364. The lowest BCUT2D eigenvalue weighted by Gasteiger charge is -2.35. The van der Waals surface area contributed by atoms with Crippen LogP contribution in [0.4, 0.5) is 56.6 Å². The van der Waals surface area contributed by atoms with E-state index in [0.29, 0.717) is 58.4 Å². The molecule has 2 atom stereocenters. The topological polar surface area (TPSA) is 151 Å². The molecule has 72 heavy (non-hydrogen) atoms. The van der Waals surface area contributed by atoms with Gasteiger partial charge in [-0.25, -0.2) is 0 Å². The van der Waals surface area contributed by atoms with Gasteiger partial charge in [-0.15, -0.1) is 0 Å². The minimum Gasteiger partial charge on any atom is -0.374 e. The Morgan fingerprint density at radius 2 is 1.03 bits per heavy atom. The second-order valence-electron chi connectivity index (χ2n) is 17.0. The van der Waals surface area contributed by atoms with Crippen LogP contribution in [-0.4, -0.2) is 86.6 Å². The van der Waals surface area contributed by atoms with E-state index >= 15 is 0 Å². The normalized spacial score (nSPS) is 21.0. The fourth-order valence-corrected chi connectivity index (χ4v) is 9.10. The molecule has 0 unspecified atom stereocenters. The van der Waals surface area contributed by atoms with Gasteiger partial charge in [0, 0.05) is 71.3 Å². The van der Waals surface area contributed by atoms with Crippen LogP contribution in [0.2, 0.25) is 10.0 Å². The number of carbonyl (C=O) groups is 2. The summed E-state index contributed by atoms with van der Waals surface area (Å²) in [5, 5.41) is 14.4. The Hall–Kier alpha value is -5.70. The smallest absolute Gasteiger partial charge is 0.374 e. The van der Waals surface area contributed by atoms with E-state index in [2.05, 4.69) is 26.3 Å². The molecular weight excluding hydrogens is 1060 g/mol. The number of amides is 2. The summed E-state index contributed by atoms with van der Waals surface area (Å²) < 4.78 is 200. The molecule has 0 aromatic heterocycles. The molecule has 4 aromatic carbocycles. The number of hydrogen-bond acceptors (Lipinski definition) is 9. The first-order chi connectivity index (χ1) is 33.2. The maximum Gasteiger partial charge on any atom is 0.435 e. The molecule has 4 heterocycles. The van der Waals surface area contributed by atoms with Crippen LogP contribution in [0.15, 0.2) is 83.1 Å². The number of hydrogen-bond donors (Lipinski definition) is 3. The molecule has 3 N–H and O–H groups in total. The van der Waals surface area contributed by atoms with E-state index in [1.807, 2.05) is 0 Å². The Labute approximate surface area is 409 Å². The van der Waals surface area contributed by atoms with Crippen LogP contribution in [0.5, 0.6) is 0 Å². The first-order valence-electron chi connectivity index (χ1n) is 20.8. The number of oxime groups is 2. The lowest BCUT2D eigenvalue weighted by Crippen LogP contribution is -2.60. The summed E-state index contributed by atoms with van der Waals surface area (Å²) in [6.45, 7) is 3.89. The minimum atomic E-state index is -5.18. The molecule has 28 heteroatoms. The molecule has 2 amide bonds. The van der Waals surface area contributed by atoms with Gasteiger partial charge < -0.3 is 25.6 Å². The number of nitrogens with zero attached hydrogens (tertiary/aromatic N) is 3. The highest BCUT2D eigenvalue weighted by atomic mass is 35.5. The van der Waals surface area contributed by atoms with E-state index in [4.69, 9.17) is 32.9 Å². The number of rotatable bonds is 9. The predicted octanol–water partition coefficient (Wildman–Crippen LogP) is 9.83. The van der Waals surface area contributed by atoms with Gasteiger partial charge in [-0.2, -0.15) is 65.4 Å². The average Bonchev–Trinajstić information content (AvgIpc) is 3.90. The van der Waals surface area contributed by atoms with E-state index in [1.165, 1.54) is 43.3 Å². The molecule has 4 aromatic rings. The van der Waals surface area contributed by atoms with Gasteiger partial charge in [-0.05, 0) is 96.8 Å². The zero-order valence-electron chi connectivity index (χ0n) is 36.7. The highest BCUT2D eigenvalue weighted by Crippen LogP contribution is 2.52. The standard InChI is InChI=1S/C22H17ClF7N3O4S.C22H18ClF6N3O2/c1-11-4-12(2-3-17(11)19(34)31-16-9-33(10-16)38(30,35)36)18-8-20(37-32-18,22(27,28)29)13-5-14(21(24,25)26)7-15(23)6-13;1-11-4-12(2-3-17(11)19(33)31-16-9-30-10-16)18-8-20(34-32-18,22(27,28)29)13-5-14(21(24,25)26)7-15(23)6-13/h2-7,16H,8-10H2,1H3,(H,31,34);2-7,16,30H,8-10H2,1H3,(H,31,33)/t2*20-/m00/s1. The van der Waals surface area contributed by atoms with Crippen molar-refractivity contribution in [1.82, 2.24) is 20.3 Å². The third-order valence-corrected chi connectivity index (χ3v) is 13.3. The maximum atomic E-state index is 14.2. The maximum absolute atomic E-state index is 14.2. The predicted molar refractivity (Wildman–Crippen MR) is 232 cm³/mol. The quantitative estimate of drug-likeness (QED) is 0.112. The van der Waals surface area contributed by atoms with Crippen molar-refractivity contribution in [1.29, 1.82) is 0 Å². The van der Waals surface area contributed by atoms with Crippen LogP contribution in [0.25, 0.3) is 0 Å². The van der Waals surface area contributed by atoms with Crippen molar-refractivity contribution < 1.29 is 84.3 Å². The molecule has 388 valence electrons. The average molecular weight is 1090 g/mol. The highest BCUT2D eigenvalue weighted by Gasteiger charge is 2.64. The third-order valence-electron chi connectivity index (χ3n) is 12.0. The van der Waals surface area contributed by atoms with E-state index in [1.54, 1.807) is 6.92 Å². The first kappa shape index (κ1) is 54.1. The zero-order valence-corrected chi connectivity index (χ0v) is 39.0. The van der Waals surface area contributed by atoms with E-state index < -0.39 is 103 Å². The lowest BCUT2D eigenvalue weighted by atomic mass is 9.85. The summed E-state index contributed by atoms with van der Waals surface area (Å²) >= 11 is 11.4. The van der Waals surface area contributed by atoms with Crippen molar-refractivity contribution in [2.45, 2.75) is 74.7 Å². The molecule has 2 fully saturated rings. The molecular formula is C44H35Cl2F13N6O6S. The first-order valence-corrected chi connectivity index (χ1v) is 22.9. The van der Waals surface area contributed by atoms with Crippen LogP contribution < -0.4 is 16.0 Å². The third kappa shape index (κ3) is 11.1. The minimum absolute atomic E-state index is 0.00544. The number of alkyl halides is 12. The lowest BCUT2D eigenvalue weighted by molar-refractivity contribution is -0.276. The summed E-state index contributed by atoms with van der Waals surface area (Å²) in [6, 6.07) is 10.9. The number of nitrogens with one attached hydrogen (secondary N) is 3. The highest BCUT2D eigenvalue weighted by molar-refractivity contribution is 7.84. The Bertz CT molecular complexity index is 2980. The van der Waals surface area contributed by atoms with Gasteiger partial charge >= 0.3 is 35.1 Å². The Balaban J connectivity index is 0.000000213.